The highest BCUT2D eigenvalue weighted by molar-refractivity contribution is 7.47. The van der Waals surface area contributed by atoms with E-state index in [0.717, 1.165) is 148 Å². The van der Waals surface area contributed by atoms with Gasteiger partial charge in [-0.25, -0.2) is 9.13 Å². The Morgan fingerprint density at radius 2 is 0.570 bits per heavy atom. The van der Waals surface area contributed by atoms with Gasteiger partial charge in [0.2, 0.25) is 0 Å². The van der Waals surface area contributed by atoms with Crippen molar-refractivity contribution in [2.75, 3.05) is 39.6 Å². The van der Waals surface area contributed by atoms with Gasteiger partial charge in [-0.3, -0.25) is 37.3 Å². The molecule has 0 saturated carbocycles. The van der Waals surface area contributed by atoms with E-state index in [1.54, 1.807) is 24.3 Å². The Hall–Kier alpha value is -6.10. The average molecular weight is 1430 g/mol. The van der Waals surface area contributed by atoms with Gasteiger partial charge in [0.1, 0.15) is 19.3 Å². The number of allylic oxidation sites excluding steroid dienone is 30. The van der Waals surface area contributed by atoms with E-state index in [1.807, 2.05) is 24.3 Å². The monoisotopic (exact) mass is 1430 g/mol. The van der Waals surface area contributed by atoms with E-state index >= 15 is 0 Å². The third-order valence-corrected chi connectivity index (χ3v) is 16.0. The summed E-state index contributed by atoms with van der Waals surface area (Å²) in [6.07, 6.45) is 86.5. The number of phosphoric ester groups is 2. The van der Waals surface area contributed by atoms with Crippen LogP contribution in [0, 0.1) is 0 Å². The summed E-state index contributed by atoms with van der Waals surface area (Å²) in [7, 11) is -10.0. The first kappa shape index (κ1) is 93.9. The van der Waals surface area contributed by atoms with Crippen LogP contribution in [0.3, 0.4) is 0 Å². The topological polar surface area (TPSA) is 237 Å². The van der Waals surface area contributed by atoms with Gasteiger partial charge in [0, 0.05) is 12.8 Å². The molecule has 0 aromatic carbocycles. The van der Waals surface area contributed by atoms with E-state index in [2.05, 4.69) is 174 Å². The molecule has 3 N–H and O–H groups in total. The van der Waals surface area contributed by atoms with Gasteiger partial charge < -0.3 is 33.8 Å². The lowest BCUT2D eigenvalue weighted by atomic mass is 10.1. The second-order valence-electron chi connectivity index (χ2n) is 23.4. The number of carbonyl (C=O) groups is 4. The summed E-state index contributed by atoms with van der Waals surface area (Å²) in [5.74, 6) is -2.55. The van der Waals surface area contributed by atoms with Gasteiger partial charge in [-0.2, -0.15) is 0 Å². The van der Waals surface area contributed by atoms with Crippen molar-refractivity contribution in [3.8, 4) is 0 Å². The van der Waals surface area contributed by atoms with Crippen molar-refractivity contribution in [1.82, 2.24) is 0 Å². The molecule has 0 aliphatic carbocycles. The van der Waals surface area contributed by atoms with Gasteiger partial charge >= 0.3 is 39.5 Å². The average Bonchev–Trinajstić information content (AvgIpc) is 0.953. The lowest BCUT2D eigenvalue weighted by Crippen LogP contribution is -2.30. The van der Waals surface area contributed by atoms with Gasteiger partial charge in [0.05, 0.1) is 39.3 Å². The molecule has 0 aliphatic rings. The fraction of sp³-hybridized carbons (Fsp3) is 0.556. The van der Waals surface area contributed by atoms with Gasteiger partial charge in [0.15, 0.2) is 12.2 Å². The van der Waals surface area contributed by atoms with Gasteiger partial charge in [-0.15, -0.1) is 0 Å². The number of hydrogen-bond acceptors (Lipinski definition) is 15. The number of hydrogen-bond donors (Lipinski definition) is 3. The molecule has 0 fully saturated rings. The van der Waals surface area contributed by atoms with Crippen LogP contribution in [-0.2, 0) is 65.4 Å². The molecule has 0 aliphatic heterocycles. The maximum atomic E-state index is 13.1. The second-order valence-corrected chi connectivity index (χ2v) is 26.3. The SMILES string of the molecule is CC/C=C\C/C=C\C/C=C\C/C=C\C/C=C\CCCCCC(=O)OCC(COP(=O)(O)OCC(O)COP(=O)(O)OCC(COC(=O)C/C=C\C/C=C\C/C=C\C/C=C\C/C=C\CC)OC(=O)C/C=C\C/C=C\C/C=C\C/C=C\C/C=C\CC)OC(=O)CCCCCCC/C=C\CCCC. The number of carbonyl (C=O) groups excluding carboxylic acids is 4. The smallest absolute Gasteiger partial charge is 0.462 e. The molecule has 17 nitrogen and oxygen atoms in total. The van der Waals surface area contributed by atoms with E-state index in [-0.39, 0.29) is 25.7 Å². The van der Waals surface area contributed by atoms with Crippen LogP contribution in [0.5, 0.6) is 0 Å². The van der Waals surface area contributed by atoms with Crippen LogP contribution < -0.4 is 0 Å². The third kappa shape index (κ3) is 70.3. The lowest BCUT2D eigenvalue weighted by molar-refractivity contribution is -0.161. The number of aliphatic hydroxyl groups excluding tert-OH is 1. The van der Waals surface area contributed by atoms with Crippen LogP contribution in [0.1, 0.15) is 233 Å². The summed E-state index contributed by atoms with van der Waals surface area (Å²) in [6, 6.07) is 0. The molecule has 562 valence electrons. The molecule has 0 radical (unpaired) electrons. The molecule has 0 aromatic heterocycles. The minimum absolute atomic E-state index is 0.0641. The van der Waals surface area contributed by atoms with E-state index in [1.165, 1.54) is 6.42 Å². The Kier molecular flexibility index (Phi) is 67.0. The van der Waals surface area contributed by atoms with Crippen molar-refractivity contribution in [3.63, 3.8) is 0 Å². The van der Waals surface area contributed by atoms with Crippen molar-refractivity contribution in [3.05, 3.63) is 194 Å². The summed E-state index contributed by atoms with van der Waals surface area (Å²) in [4.78, 5) is 72.6. The molecular weight excluding hydrogens is 1310 g/mol. The minimum Gasteiger partial charge on any atom is -0.462 e. The molecule has 0 amide bonds. The Balaban J connectivity index is 5.51. The molecule has 0 aromatic rings. The van der Waals surface area contributed by atoms with Crippen molar-refractivity contribution in [2.24, 2.45) is 0 Å². The molecular formula is C81H126O17P2. The summed E-state index contributed by atoms with van der Waals surface area (Å²) < 4.78 is 68.0. The molecule has 19 heteroatoms. The summed E-state index contributed by atoms with van der Waals surface area (Å²) in [6.45, 7) is 4.15. The van der Waals surface area contributed by atoms with Crippen LogP contribution in [0.4, 0.5) is 0 Å². The van der Waals surface area contributed by atoms with E-state index in [4.69, 9.17) is 37.0 Å². The highest BCUT2D eigenvalue weighted by atomic mass is 31.2. The maximum Gasteiger partial charge on any atom is 0.472 e. The van der Waals surface area contributed by atoms with Crippen LogP contribution >= 0.6 is 15.6 Å². The van der Waals surface area contributed by atoms with Gasteiger partial charge in [-0.05, 0) is 141 Å². The Bertz CT molecular complexity index is 2670. The zero-order valence-corrected chi connectivity index (χ0v) is 62.8. The number of phosphoric acid groups is 2. The Labute approximate surface area is 602 Å². The van der Waals surface area contributed by atoms with Crippen LogP contribution in [0.15, 0.2) is 194 Å². The zero-order valence-electron chi connectivity index (χ0n) is 61.0. The number of unbranched alkanes of at least 4 members (excludes halogenated alkanes) is 10. The minimum atomic E-state index is -5.03. The highest BCUT2D eigenvalue weighted by Crippen LogP contribution is 2.45. The lowest BCUT2D eigenvalue weighted by Gasteiger charge is -2.21. The maximum absolute atomic E-state index is 13.1. The molecule has 0 spiro atoms. The molecule has 0 saturated heterocycles. The summed E-state index contributed by atoms with van der Waals surface area (Å²) in [5.41, 5.74) is 0. The Morgan fingerprint density at radius 3 is 0.950 bits per heavy atom. The predicted octanol–water partition coefficient (Wildman–Crippen LogP) is 21.0. The van der Waals surface area contributed by atoms with E-state index in [9.17, 15) is 43.2 Å². The number of esters is 4. The first-order chi connectivity index (χ1) is 48.7. The molecule has 5 unspecified atom stereocenters. The normalized spacial score (nSPS) is 15.1. The molecule has 0 heterocycles. The van der Waals surface area contributed by atoms with E-state index in [0.29, 0.717) is 25.7 Å². The molecule has 5 atom stereocenters. The quantitative estimate of drug-likeness (QED) is 0.0169. The standard InChI is InChI=1S/C81H126O17P2/c1-5-9-13-17-21-25-29-32-35-36-37-38-41-43-47-50-54-58-62-66-79(84)91-71-76(97-80(85)67-63-59-55-51-45-28-24-20-16-12-8-4)73-95-99(87,88)93-69-75(82)70-94-100(89,90)96-74-77(98-81(86)68-64-60-56-52-48-44-40-34-31-27-23-19-15-11-7-3)72-92-78(83)65-61-57-53-49-46-42-39-33-30-26-22-18-14-10-6-2/h9-11,13-15,20-27,32-35,37-40,43,46-49,52,57,60-61,64,75-77,82H,5-8,12,16-19,28-31,36,41-42,44-45,50-51,53-56,58-59,62-63,65-74H2,1-4H3,(H,87,88)(H,89,90)/b13-9-,14-10-,15-11-,24-20-,25-21-,26-22-,27-23-,35-32-,38-37-,39-33-,40-34-,47-43-,49-46-,52-48-,61-57-,64-60-. The first-order valence-electron chi connectivity index (χ1n) is 36.7. The molecule has 100 heavy (non-hydrogen) atoms. The van der Waals surface area contributed by atoms with Crippen molar-refractivity contribution >= 4 is 39.5 Å². The second kappa shape index (κ2) is 71.3. The van der Waals surface area contributed by atoms with E-state index < -0.39 is 97.5 Å². The summed E-state index contributed by atoms with van der Waals surface area (Å²) in [5, 5.41) is 10.6. The highest BCUT2D eigenvalue weighted by Gasteiger charge is 2.30. The van der Waals surface area contributed by atoms with Gasteiger partial charge in [0.25, 0.3) is 0 Å². The number of rotatable bonds is 66. The Morgan fingerprint density at radius 1 is 0.300 bits per heavy atom. The van der Waals surface area contributed by atoms with Crippen molar-refractivity contribution in [1.29, 1.82) is 0 Å². The zero-order chi connectivity index (χ0) is 73.2. The number of ether oxygens (including phenoxy) is 4. The fourth-order valence-corrected chi connectivity index (χ4v) is 10.2. The molecule has 0 bridgehead atoms. The first-order valence-corrected chi connectivity index (χ1v) is 39.7. The van der Waals surface area contributed by atoms with Crippen molar-refractivity contribution in [2.45, 2.75) is 251 Å². The fourth-order valence-electron chi connectivity index (χ4n) is 8.61. The van der Waals surface area contributed by atoms with Gasteiger partial charge in [-0.1, -0.05) is 261 Å². The van der Waals surface area contributed by atoms with Crippen molar-refractivity contribution < 1.29 is 80.2 Å². The third-order valence-electron chi connectivity index (χ3n) is 14.1. The largest absolute Gasteiger partial charge is 0.472 e. The van der Waals surface area contributed by atoms with Crippen LogP contribution in [-0.4, -0.2) is 96.7 Å². The van der Waals surface area contributed by atoms with Crippen LogP contribution in [0.25, 0.3) is 0 Å². The molecule has 0 rings (SSSR count). The van der Waals surface area contributed by atoms with Crippen LogP contribution in [0.2, 0.25) is 0 Å². The number of aliphatic hydroxyl groups is 1. The predicted molar refractivity (Wildman–Crippen MR) is 408 cm³/mol. The summed E-state index contributed by atoms with van der Waals surface area (Å²) >= 11 is 0.